The van der Waals surface area contributed by atoms with Gasteiger partial charge in [-0.1, -0.05) is 95.0 Å². The first-order valence-corrected chi connectivity index (χ1v) is 36.5. The molecule has 5 aromatic carbocycles. The van der Waals surface area contributed by atoms with Gasteiger partial charge in [0.25, 0.3) is 0 Å². The second-order valence-corrected chi connectivity index (χ2v) is 33.6. The lowest BCUT2D eigenvalue weighted by Crippen LogP contribution is -3.05. The molecule has 0 saturated heterocycles. The molecule has 10 rings (SSSR count). The summed E-state index contributed by atoms with van der Waals surface area (Å²) in [5.41, 5.74) is 20.4. The quantitative estimate of drug-likeness (QED) is 0.0315. The number of anilines is 1. The topological polar surface area (TPSA) is 93.7 Å². The van der Waals surface area contributed by atoms with Crippen molar-refractivity contribution >= 4 is 79.4 Å². The Bertz CT molecular complexity index is 4030. The van der Waals surface area contributed by atoms with Gasteiger partial charge in [0.1, 0.15) is 21.5 Å². The molecule has 0 bridgehead atoms. The fraction of sp³-hybridized carbons (Fsp3) is 0.444. The van der Waals surface area contributed by atoms with Gasteiger partial charge in [0.15, 0.2) is 30.7 Å². The number of allylic oxidation sites excluding steroid dienone is 11. The van der Waals surface area contributed by atoms with Crippen molar-refractivity contribution in [2.45, 2.75) is 141 Å². The molecule has 3 heterocycles. The fourth-order valence-corrected chi connectivity index (χ4v) is 15.0. The first kappa shape index (κ1) is 80.6. The molecule has 5 aliphatic rings. The van der Waals surface area contributed by atoms with Crippen molar-refractivity contribution in [3.05, 3.63) is 212 Å². The number of hydrogen-bond acceptors (Lipinski definition) is 4. The van der Waals surface area contributed by atoms with Crippen molar-refractivity contribution in [1.82, 2.24) is 0 Å². The number of fused-ring (bicyclic) bond motifs is 3. The van der Waals surface area contributed by atoms with E-state index in [1.807, 2.05) is 79.1 Å². The Morgan fingerprint density at radius 2 is 1.09 bits per heavy atom. The van der Waals surface area contributed by atoms with Gasteiger partial charge in [-0.05, 0) is 153 Å². The molecule has 5 aromatic rings. The molecule has 1 unspecified atom stereocenters. The summed E-state index contributed by atoms with van der Waals surface area (Å²) >= 11 is 13.8. The van der Waals surface area contributed by atoms with Gasteiger partial charge in [-0.15, -0.1) is 0 Å². The first-order chi connectivity index (χ1) is 44.5. The molecule has 1 atom stereocenters. The summed E-state index contributed by atoms with van der Waals surface area (Å²) in [4.78, 5) is 4.37. The molecule has 0 saturated carbocycles. The fourth-order valence-electron chi connectivity index (χ4n) is 13.9. The van der Waals surface area contributed by atoms with E-state index in [1.54, 1.807) is 6.07 Å². The van der Waals surface area contributed by atoms with Crippen LogP contribution < -0.4 is 49.2 Å². The van der Waals surface area contributed by atoms with Crippen molar-refractivity contribution in [2.75, 3.05) is 108 Å². The summed E-state index contributed by atoms with van der Waals surface area (Å²) in [6.45, 7) is 26.6. The number of nitrogens with one attached hydrogen (secondary N) is 3. The monoisotopic (exact) mass is 1500 g/mol. The second kappa shape index (κ2) is 33.4. The number of benzene rings is 5. The number of hydrogen-bond donors (Lipinski definition) is 3. The van der Waals surface area contributed by atoms with Gasteiger partial charge in [-0.2, -0.15) is 9.15 Å². The van der Waals surface area contributed by atoms with Gasteiger partial charge in [-0.25, -0.2) is 13.4 Å². The molecular formula is C81H112Br2Cl2N8O3S+4. The molecule has 524 valence electrons. The van der Waals surface area contributed by atoms with E-state index in [2.05, 4.69) is 206 Å². The largest absolute Gasteiger partial charge is 1.00 e. The molecule has 3 N–H and O–H groups in total. The summed E-state index contributed by atoms with van der Waals surface area (Å²) in [5.74, 6) is 0. The van der Waals surface area contributed by atoms with E-state index in [-0.39, 0.29) is 49.7 Å². The van der Waals surface area contributed by atoms with E-state index >= 15 is 0 Å². The number of rotatable bonds is 20. The minimum Gasteiger partial charge on any atom is -1.00 e. The lowest BCUT2D eigenvalue weighted by molar-refractivity contribution is -0.875. The molecule has 2 aliphatic carbocycles. The smallest absolute Gasteiger partial charge is 0.209 e. The summed E-state index contributed by atoms with van der Waals surface area (Å²) in [7, 11) is 15.6. The highest BCUT2D eigenvalue weighted by Gasteiger charge is 2.47. The zero-order valence-electron chi connectivity index (χ0n) is 61.4. The lowest BCUT2D eigenvalue weighted by Gasteiger charge is -2.26. The number of quaternary nitrogens is 4. The molecular weight excluding hydrogens is 1400 g/mol. The van der Waals surface area contributed by atoms with E-state index in [4.69, 9.17) is 23.2 Å². The Balaban J connectivity index is 0.000000270. The maximum absolute atomic E-state index is 12.0. The average molecular weight is 1510 g/mol. The molecule has 0 radical (unpaired) electrons. The van der Waals surface area contributed by atoms with Crippen LogP contribution >= 0.6 is 23.2 Å². The Morgan fingerprint density at radius 1 is 0.577 bits per heavy atom. The molecule has 0 amide bonds. The van der Waals surface area contributed by atoms with Crippen molar-refractivity contribution < 1.29 is 79.4 Å². The van der Waals surface area contributed by atoms with Gasteiger partial charge in [0.05, 0.1) is 129 Å². The van der Waals surface area contributed by atoms with E-state index < -0.39 is 15.5 Å². The number of halogens is 4. The SMILES string of the molecule is CC1=[N+](CCC[N+](C)(C)C)c2ccc(C)cc2C1(C)C.Cc1ccc2c(c1)C(C)(C)C(/C=C/C1=C(Cl)C(=C/C=C3/[NH+](CCC[N+](C)(C)C)c4ccc(S(=O)(=O)[O-])cc4C3(C)C)/CCC1)=[N+]2CCC[N+](C)(C)C.ClC1=C(C=[NH+]c2ccccc2)CCC/C1=C\Nc1ccccc1.[Br-].[Br-]. The minimum absolute atomic E-state index is 0. The van der Waals surface area contributed by atoms with Gasteiger partial charge in [0, 0.05) is 88.9 Å². The van der Waals surface area contributed by atoms with E-state index in [0.29, 0.717) is 0 Å². The average Bonchev–Trinajstić information content (AvgIpc) is 1.60. The van der Waals surface area contributed by atoms with E-state index in [9.17, 15) is 13.0 Å². The summed E-state index contributed by atoms with van der Waals surface area (Å²) in [6, 6.07) is 38.9. The standard InChI is InChI=1S/C43H61ClN4O3S.C20H19ClN2.C18H30N2.2BrH/c1-31-17-21-37-35(29-31)42(2,3)39(45(37)25-13-27-47(6,7)8)23-18-32-15-12-16-33(41(32)44)19-24-40-43(4,5)36-30-34(52(49,50)51)20-22-38(36)46(40)26-14-28-48(9,10)11;21-20-16(14-22-18-10-3-1-4-11-18)8-7-9-17(20)15-23-19-12-5-2-6-13-19;1-14-9-10-17-16(13-14)18(3,4)15(2)19(17)11-8-12-20(5,6)7;;/h17-24,29-30H,12-16,25-28H2,1-11H3;1-6,10-15,22H,7-9H2;9-10,13H,8,11-12H2,1-7H3;2*1H/q+2;;+2;;/b;16-14+,23-15?;;;. The molecule has 11 nitrogen and oxygen atoms in total. The summed E-state index contributed by atoms with van der Waals surface area (Å²) in [6.07, 6.45) is 22.3. The van der Waals surface area contributed by atoms with Crippen molar-refractivity contribution in [3.63, 3.8) is 0 Å². The van der Waals surface area contributed by atoms with Crippen molar-refractivity contribution in [3.8, 4) is 0 Å². The van der Waals surface area contributed by atoms with Crippen molar-refractivity contribution in [2.24, 2.45) is 0 Å². The Labute approximate surface area is 615 Å². The zero-order chi connectivity index (χ0) is 69.5. The third kappa shape index (κ3) is 20.9. The van der Waals surface area contributed by atoms with Crippen LogP contribution in [-0.4, -0.2) is 156 Å². The Hall–Kier alpha value is -5.36. The van der Waals surface area contributed by atoms with Crippen LogP contribution in [0.5, 0.6) is 0 Å². The number of aryl methyl sites for hydroxylation is 2. The predicted octanol–water partition coefficient (Wildman–Crippen LogP) is 8.66. The third-order valence-electron chi connectivity index (χ3n) is 19.6. The molecule has 3 aliphatic heterocycles. The minimum atomic E-state index is -4.57. The highest BCUT2D eigenvalue weighted by molar-refractivity contribution is 7.85. The summed E-state index contributed by atoms with van der Waals surface area (Å²) < 4.78 is 43.9. The number of para-hydroxylation sites is 2. The molecule has 0 aromatic heterocycles. The van der Waals surface area contributed by atoms with Crippen LogP contribution in [0.4, 0.5) is 28.4 Å². The van der Waals surface area contributed by atoms with E-state index in [1.165, 1.54) is 69.0 Å². The van der Waals surface area contributed by atoms with Crippen LogP contribution in [0.15, 0.2) is 189 Å². The van der Waals surface area contributed by atoms with Crippen LogP contribution in [-0.2, 0) is 26.4 Å². The molecule has 16 heteroatoms. The van der Waals surface area contributed by atoms with Gasteiger partial charge >= 0.3 is 0 Å². The summed E-state index contributed by atoms with van der Waals surface area (Å²) in [5, 5.41) is 4.99. The Morgan fingerprint density at radius 3 is 1.67 bits per heavy atom. The van der Waals surface area contributed by atoms with Gasteiger partial charge in [-0.3, -0.25) is 4.90 Å². The van der Waals surface area contributed by atoms with E-state index in [0.717, 1.165) is 158 Å². The maximum Gasteiger partial charge on any atom is 0.209 e. The molecule has 97 heavy (non-hydrogen) atoms. The third-order valence-corrected chi connectivity index (χ3v) is 21.4. The maximum atomic E-state index is 12.0. The second-order valence-electron chi connectivity index (χ2n) is 31.5. The predicted molar refractivity (Wildman–Crippen MR) is 399 cm³/mol. The zero-order valence-corrected chi connectivity index (χ0v) is 66.9. The lowest BCUT2D eigenvalue weighted by atomic mass is 9.80. The van der Waals surface area contributed by atoms with Crippen LogP contribution in [0, 0.1) is 13.8 Å². The highest BCUT2D eigenvalue weighted by Crippen LogP contribution is 2.44. The first-order valence-electron chi connectivity index (χ1n) is 34.4. The van der Waals surface area contributed by atoms with Gasteiger partial charge in [0.2, 0.25) is 17.1 Å². The van der Waals surface area contributed by atoms with Crippen molar-refractivity contribution in [1.29, 1.82) is 0 Å². The normalized spacial score (nSPS) is 19.4. The highest BCUT2D eigenvalue weighted by atomic mass is 79.9. The number of nitrogens with zero attached hydrogens (tertiary/aromatic N) is 5. The van der Waals surface area contributed by atoms with Gasteiger partial charge < -0.3 is 57.3 Å². The van der Waals surface area contributed by atoms with Crippen LogP contribution in [0.25, 0.3) is 0 Å². The Kier molecular flexibility index (Phi) is 27.8. The van der Waals surface area contributed by atoms with Crippen LogP contribution in [0.2, 0.25) is 0 Å². The van der Waals surface area contributed by atoms with Crippen LogP contribution in [0.1, 0.15) is 134 Å². The van der Waals surface area contributed by atoms with Crippen LogP contribution in [0.3, 0.4) is 0 Å². The molecule has 0 fully saturated rings. The molecule has 0 spiro atoms.